The van der Waals surface area contributed by atoms with Gasteiger partial charge in [0.15, 0.2) is 11.5 Å². The first-order valence-corrected chi connectivity index (χ1v) is 14.3. The lowest BCUT2D eigenvalue weighted by Gasteiger charge is -2.26. The zero-order chi connectivity index (χ0) is 27.7. The maximum absolute atomic E-state index is 6.29. The van der Waals surface area contributed by atoms with Crippen LogP contribution < -0.4 is 14.8 Å². The SMILES string of the molecule is CC1CCCO1.CNc1ncnc2oc(-c3ccc(OCCN4CCCCC4)c(OC)c3)c(-c3ccccc3)c12. The Morgan fingerprint density at radius 2 is 1.80 bits per heavy atom. The summed E-state index contributed by atoms with van der Waals surface area (Å²) in [5.41, 5.74) is 3.40. The fourth-order valence-corrected chi connectivity index (χ4v) is 5.34. The molecule has 0 radical (unpaired) electrons. The number of nitrogens with one attached hydrogen (secondary N) is 1. The van der Waals surface area contributed by atoms with E-state index in [1.54, 1.807) is 7.11 Å². The van der Waals surface area contributed by atoms with Crippen LogP contribution >= 0.6 is 0 Å². The number of furan rings is 1. The quantitative estimate of drug-likeness (QED) is 0.264. The molecule has 8 nitrogen and oxygen atoms in total. The number of anilines is 1. The molecule has 1 N–H and O–H groups in total. The predicted molar refractivity (Wildman–Crippen MR) is 159 cm³/mol. The van der Waals surface area contributed by atoms with E-state index in [9.17, 15) is 0 Å². The monoisotopic (exact) mass is 544 g/mol. The standard InChI is InChI=1S/C27H30N4O3.C5H10O/c1-28-26-24-23(19-9-5-3-6-10-19)25(34-27(24)30-18-29-26)20-11-12-21(22(17-20)32-2)33-16-15-31-13-7-4-8-14-31;1-5-3-2-4-6-5/h3,5-6,9-12,17-18H,4,7-8,13-16H2,1-2H3,(H,28,29,30);5H,2-4H2,1H3. The molecular weight excluding hydrogens is 504 g/mol. The summed E-state index contributed by atoms with van der Waals surface area (Å²) < 4.78 is 23.2. The number of aromatic nitrogens is 2. The van der Waals surface area contributed by atoms with Gasteiger partial charge < -0.3 is 23.9 Å². The first-order chi connectivity index (χ1) is 19.7. The molecule has 0 bridgehead atoms. The third-order valence-corrected chi connectivity index (χ3v) is 7.48. The molecule has 8 heteroatoms. The highest BCUT2D eigenvalue weighted by Gasteiger charge is 2.23. The van der Waals surface area contributed by atoms with E-state index in [2.05, 4.69) is 39.2 Å². The largest absolute Gasteiger partial charge is 0.493 e. The molecule has 4 aromatic rings. The minimum atomic E-state index is 0.536. The zero-order valence-corrected chi connectivity index (χ0v) is 23.8. The van der Waals surface area contributed by atoms with Gasteiger partial charge in [-0.1, -0.05) is 36.8 Å². The van der Waals surface area contributed by atoms with E-state index < -0.39 is 0 Å². The second kappa shape index (κ2) is 13.6. The summed E-state index contributed by atoms with van der Waals surface area (Å²) in [5, 5.41) is 4.02. The van der Waals surface area contributed by atoms with Crippen molar-refractivity contribution in [3.63, 3.8) is 0 Å². The van der Waals surface area contributed by atoms with Crippen LogP contribution in [0.1, 0.15) is 39.0 Å². The molecule has 4 heterocycles. The highest BCUT2D eigenvalue weighted by Crippen LogP contribution is 2.44. The number of methoxy groups -OCH3 is 1. The first kappa shape index (κ1) is 27.9. The minimum absolute atomic E-state index is 0.536. The molecule has 1 unspecified atom stereocenters. The Hall–Kier alpha value is -3.62. The van der Waals surface area contributed by atoms with E-state index in [4.69, 9.17) is 18.6 Å². The Labute approximate surface area is 236 Å². The van der Waals surface area contributed by atoms with Crippen molar-refractivity contribution in [2.45, 2.75) is 45.1 Å². The van der Waals surface area contributed by atoms with Gasteiger partial charge in [-0.25, -0.2) is 9.97 Å². The van der Waals surface area contributed by atoms with Gasteiger partial charge in [0.25, 0.3) is 0 Å². The topological polar surface area (TPSA) is 81.9 Å². The third-order valence-electron chi connectivity index (χ3n) is 7.48. The van der Waals surface area contributed by atoms with Crippen LogP contribution in [-0.2, 0) is 4.74 Å². The number of likely N-dealkylation sites (tertiary alicyclic amines) is 1. The van der Waals surface area contributed by atoms with Crippen LogP contribution in [-0.4, -0.2) is 68.0 Å². The molecule has 2 aromatic heterocycles. The van der Waals surface area contributed by atoms with Gasteiger partial charge in [-0.05, 0) is 69.5 Å². The van der Waals surface area contributed by atoms with Gasteiger partial charge in [-0.2, -0.15) is 0 Å². The maximum Gasteiger partial charge on any atom is 0.232 e. The average Bonchev–Trinajstić information content (AvgIpc) is 3.65. The lowest BCUT2D eigenvalue weighted by molar-refractivity contribution is 0.125. The van der Waals surface area contributed by atoms with E-state index in [1.807, 2.05) is 43.4 Å². The fraction of sp³-hybridized carbons (Fsp3) is 0.438. The number of ether oxygens (including phenoxy) is 3. The molecule has 2 saturated heterocycles. The van der Waals surface area contributed by atoms with Crippen LogP contribution in [0.4, 0.5) is 5.82 Å². The van der Waals surface area contributed by atoms with Crippen LogP contribution in [0.5, 0.6) is 11.5 Å². The van der Waals surface area contributed by atoms with Gasteiger partial charge in [0.05, 0.1) is 18.6 Å². The molecule has 2 aliphatic heterocycles. The van der Waals surface area contributed by atoms with Crippen molar-refractivity contribution in [1.29, 1.82) is 0 Å². The van der Waals surface area contributed by atoms with Crippen molar-refractivity contribution in [3.05, 3.63) is 54.9 Å². The summed E-state index contributed by atoms with van der Waals surface area (Å²) in [7, 11) is 3.51. The average molecular weight is 545 g/mol. The number of benzene rings is 2. The van der Waals surface area contributed by atoms with E-state index >= 15 is 0 Å². The molecule has 0 aliphatic carbocycles. The number of piperidine rings is 1. The van der Waals surface area contributed by atoms with Crippen LogP contribution in [0.3, 0.4) is 0 Å². The molecule has 2 fully saturated rings. The summed E-state index contributed by atoms with van der Waals surface area (Å²) >= 11 is 0. The van der Waals surface area contributed by atoms with Crippen LogP contribution in [0.15, 0.2) is 59.3 Å². The first-order valence-electron chi connectivity index (χ1n) is 14.3. The minimum Gasteiger partial charge on any atom is -0.493 e. The Morgan fingerprint density at radius 3 is 2.48 bits per heavy atom. The normalized spacial score (nSPS) is 17.3. The molecule has 2 aromatic carbocycles. The van der Waals surface area contributed by atoms with Crippen molar-refractivity contribution in [2.24, 2.45) is 0 Å². The molecule has 212 valence electrons. The number of nitrogens with zero attached hydrogens (tertiary/aromatic N) is 3. The van der Waals surface area contributed by atoms with Crippen LogP contribution in [0, 0.1) is 0 Å². The maximum atomic E-state index is 6.29. The highest BCUT2D eigenvalue weighted by atomic mass is 16.5. The van der Waals surface area contributed by atoms with E-state index in [1.165, 1.54) is 38.4 Å². The van der Waals surface area contributed by atoms with Gasteiger partial charge in [-0.15, -0.1) is 0 Å². The molecular formula is C32H40N4O4. The number of hydrogen-bond donors (Lipinski definition) is 1. The fourth-order valence-electron chi connectivity index (χ4n) is 5.34. The van der Waals surface area contributed by atoms with Crippen molar-refractivity contribution in [2.75, 3.05) is 52.3 Å². The summed E-state index contributed by atoms with van der Waals surface area (Å²) in [4.78, 5) is 11.3. The lowest BCUT2D eigenvalue weighted by atomic mass is 9.99. The van der Waals surface area contributed by atoms with E-state index in [0.717, 1.165) is 65.6 Å². The molecule has 2 aliphatic rings. The molecule has 40 heavy (non-hydrogen) atoms. The predicted octanol–water partition coefficient (Wildman–Crippen LogP) is 6.66. The molecule has 0 amide bonds. The second-order valence-electron chi connectivity index (χ2n) is 10.3. The molecule has 0 spiro atoms. The van der Waals surface area contributed by atoms with Crippen molar-refractivity contribution in [3.8, 4) is 33.9 Å². The molecule has 1 atom stereocenters. The summed E-state index contributed by atoms with van der Waals surface area (Å²) in [6.07, 6.45) is 8.47. The zero-order valence-electron chi connectivity index (χ0n) is 23.8. The van der Waals surface area contributed by atoms with Gasteiger partial charge in [0.1, 0.15) is 24.5 Å². The van der Waals surface area contributed by atoms with Gasteiger partial charge in [0, 0.05) is 31.3 Å². The van der Waals surface area contributed by atoms with E-state index in [0.29, 0.717) is 24.2 Å². The highest BCUT2D eigenvalue weighted by molar-refractivity contribution is 6.05. The molecule has 6 rings (SSSR count). The number of rotatable bonds is 8. The smallest absolute Gasteiger partial charge is 0.232 e. The van der Waals surface area contributed by atoms with Crippen molar-refractivity contribution in [1.82, 2.24) is 14.9 Å². The Balaban J connectivity index is 0.000000477. The van der Waals surface area contributed by atoms with Gasteiger partial charge in [-0.3, -0.25) is 4.90 Å². The summed E-state index contributed by atoms with van der Waals surface area (Å²) in [5.74, 6) is 2.85. The van der Waals surface area contributed by atoms with Gasteiger partial charge in [0.2, 0.25) is 5.71 Å². The van der Waals surface area contributed by atoms with Crippen LogP contribution in [0.25, 0.3) is 33.6 Å². The second-order valence-corrected chi connectivity index (χ2v) is 10.3. The van der Waals surface area contributed by atoms with E-state index in [-0.39, 0.29) is 0 Å². The summed E-state index contributed by atoms with van der Waals surface area (Å²) in [6.45, 7) is 6.99. The summed E-state index contributed by atoms with van der Waals surface area (Å²) in [6, 6.07) is 16.1. The molecule has 0 saturated carbocycles. The number of hydrogen-bond acceptors (Lipinski definition) is 8. The van der Waals surface area contributed by atoms with Crippen LogP contribution in [0.2, 0.25) is 0 Å². The number of fused-ring (bicyclic) bond motifs is 1. The Bertz CT molecular complexity index is 1360. The van der Waals surface area contributed by atoms with Gasteiger partial charge >= 0.3 is 0 Å². The third kappa shape index (κ3) is 6.57. The Morgan fingerprint density at radius 1 is 0.975 bits per heavy atom. The lowest BCUT2D eigenvalue weighted by Crippen LogP contribution is -2.33. The van der Waals surface area contributed by atoms with Crippen molar-refractivity contribution >= 4 is 16.9 Å². The van der Waals surface area contributed by atoms with Crippen molar-refractivity contribution < 1.29 is 18.6 Å². The Kier molecular flexibility index (Phi) is 9.52.